The minimum Gasteiger partial charge on any atom is -0.460 e. The Morgan fingerprint density at radius 1 is 1.32 bits per heavy atom. The van der Waals surface area contributed by atoms with Gasteiger partial charge in [-0.3, -0.25) is 4.79 Å². The first-order chi connectivity index (χ1) is 10.6. The van der Waals surface area contributed by atoms with Gasteiger partial charge < -0.3 is 14.5 Å². The summed E-state index contributed by atoms with van der Waals surface area (Å²) >= 11 is 0. The van der Waals surface area contributed by atoms with E-state index in [0.29, 0.717) is 16.9 Å². The molecule has 0 atom stereocenters. The summed E-state index contributed by atoms with van der Waals surface area (Å²) in [7, 11) is 0. The van der Waals surface area contributed by atoms with Crippen molar-refractivity contribution in [3.63, 3.8) is 0 Å². The molecule has 1 heterocycles. The lowest BCUT2D eigenvalue weighted by Crippen LogP contribution is -2.22. The Morgan fingerprint density at radius 3 is 2.86 bits per heavy atom. The SMILES string of the molecule is CCOC(=O)c1ccc(CNC(=O)c2cccc(C#N)c2)o1. The van der Waals surface area contributed by atoms with Gasteiger partial charge >= 0.3 is 5.97 Å². The van der Waals surface area contributed by atoms with Gasteiger partial charge in [-0.25, -0.2) is 4.79 Å². The Balaban J connectivity index is 1.96. The molecule has 2 rings (SSSR count). The molecule has 0 aliphatic carbocycles. The third-order valence-corrected chi connectivity index (χ3v) is 2.82. The van der Waals surface area contributed by atoms with E-state index >= 15 is 0 Å². The molecule has 0 aliphatic heterocycles. The van der Waals surface area contributed by atoms with Gasteiger partial charge in [-0.15, -0.1) is 0 Å². The van der Waals surface area contributed by atoms with Crippen LogP contribution in [0.4, 0.5) is 0 Å². The second-order valence-electron chi connectivity index (χ2n) is 4.36. The second kappa shape index (κ2) is 7.09. The summed E-state index contributed by atoms with van der Waals surface area (Å²) in [5.41, 5.74) is 0.798. The fourth-order valence-corrected chi connectivity index (χ4v) is 1.78. The van der Waals surface area contributed by atoms with E-state index in [4.69, 9.17) is 14.4 Å². The lowest BCUT2D eigenvalue weighted by Gasteiger charge is -2.03. The maximum absolute atomic E-state index is 12.0. The van der Waals surface area contributed by atoms with Gasteiger partial charge in [-0.1, -0.05) is 6.07 Å². The number of benzene rings is 1. The van der Waals surface area contributed by atoms with Crippen LogP contribution in [0.2, 0.25) is 0 Å². The Hall–Kier alpha value is -3.07. The minimum absolute atomic E-state index is 0.0950. The van der Waals surface area contributed by atoms with Crippen LogP contribution in [0.5, 0.6) is 0 Å². The van der Waals surface area contributed by atoms with Crippen molar-refractivity contribution in [2.75, 3.05) is 6.61 Å². The van der Waals surface area contributed by atoms with Gasteiger partial charge in [0.25, 0.3) is 5.91 Å². The van der Waals surface area contributed by atoms with Crippen LogP contribution in [0.1, 0.15) is 39.2 Å². The minimum atomic E-state index is -0.540. The van der Waals surface area contributed by atoms with Crippen LogP contribution in [0.15, 0.2) is 40.8 Å². The predicted molar refractivity (Wildman–Crippen MR) is 77.0 cm³/mol. The molecular formula is C16H14N2O4. The quantitative estimate of drug-likeness (QED) is 0.855. The molecule has 0 fully saturated rings. The van der Waals surface area contributed by atoms with Crippen LogP contribution in [0.3, 0.4) is 0 Å². The molecule has 0 saturated carbocycles. The lowest BCUT2D eigenvalue weighted by atomic mass is 10.1. The number of hydrogen-bond acceptors (Lipinski definition) is 5. The van der Waals surface area contributed by atoms with E-state index in [1.165, 1.54) is 12.1 Å². The fraction of sp³-hybridized carbons (Fsp3) is 0.188. The van der Waals surface area contributed by atoms with Crippen molar-refractivity contribution in [1.29, 1.82) is 5.26 Å². The van der Waals surface area contributed by atoms with E-state index in [1.54, 1.807) is 31.2 Å². The third-order valence-electron chi connectivity index (χ3n) is 2.82. The van der Waals surface area contributed by atoms with E-state index in [0.717, 1.165) is 0 Å². The zero-order valence-corrected chi connectivity index (χ0v) is 12.0. The number of nitriles is 1. The van der Waals surface area contributed by atoms with Gasteiger partial charge in [0.05, 0.1) is 24.8 Å². The zero-order valence-electron chi connectivity index (χ0n) is 12.0. The number of hydrogen-bond donors (Lipinski definition) is 1. The third kappa shape index (κ3) is 3.73. The number of ether oxygens (including phenoxy) is 1. The number of nitrogens with one attached hydrogen (secondary N) is 1. The highest BCUT2D eigenvalue weighted by molar-refractivity contribution is 5.94. The summed E-state index contributed by atoms with van der Waals surface area (Å²) in [6.45, 7) is 2.10. The maximum atomic E-state index is 12.0. The van der Waals surface area contributed by atoms with Crippen molar-refractivity contribution in [2.45, 2.75) is 13.5 Å². The molecule has 1 aromatic carbocycles. The number of esters is 1. The molecule has 6 nitrogen and oxygen atoms in total. The molecule has 0 bridgehead atoms. The Kier molecular flexibility index (Phi) is 4.94. The van der Waals surface area contributed by atoms with Crippen LogP contribution in [-0.2, 0) is 11.3 Å². The number of amides is 1. The van der Waals surface area contributed by atoms with Crippen molar-refractivity contribution >= 4 is 11.9 Å². The summed E-state index contributed by atoms with van der Waals surface area (Å²) < 4.78 is 10.1. The number of rotatable bonds is 5. The van der Waals surface area contributed by atoms with Crippen molar-refractivity contribution in [3.8, 4) is 6.07 Å². The van der Waals surface area contributed by atoms with E-state index in [1.807, 2.05) is 6.07 Å². The number of carbonyl (C=O) groups excluding carboxylic acids is 2. The first-order valence-electron chi connectivity index (χ1n) is 6.68. The zero-order chi connectivity index (χ0) is 15.9. The highest BCUT2D eigenvalue weighted by Gasteiger charge is 2.13. The van der Waals surface area contributed by atoms with E-state index in [9.17, 15) is 9.59 Å². The molecule has 6 heteroatoms. The molecule has 0 spiro atoms. The van der Waals surface area contributed by atoms with Crippen molar-refractivity contribution in [2.24, 2.45) is 0 Å². The number of carbonyl (C=O) groups is 2. The van der Waals surface area contributed by atoms with Crippen LogP contribution < -0.4 is 5.32 Å². The summed E-state index contributed by atoms with van der Waals surface area (Å²) in [6, 6.07) is 11.4. The molecule has 1 aromatic heterocycles. The molecule has 0 saturated heterocycles. The largest absolute Gasteiger partial charge is 0.460 e. The van der Waals surface area contributed by atoms with Crippen molar-refractivity contribution in [1.82, 2.24) is 5.32 Å². The van der Waals surface area contributed by atoms with Crippen LogP contribution >= 0.6 is 0 Å². The van der Waals surface area contributed by atoms with Crippen molar-refractivity contribution < 1.29 is 18.7 Å². The van der Waals surface area contributed by atoms with Crippen LogP contribution in [-0.4, -0.2) is 18.5 Å². The first kappa shape index (κ1) is 15.3. The van der Waals surface area contributed by atoms with Gasteiger partial charge in [0.2, 0.25) is 5.76 Å². The molecule has 1 N–H and O–H groups in total. The Labute approximate surface area is 127 Å². The fourth-order valence-electron chi connectivity index (χ4n) is 1.78. The number of furan rings is 1. The van der Waals surface area contributed by atoms with E-state index in [2.05, 4.69) is 5.32 Å². The Bertz CT molecular complexity index is 728. The molecule has 0 unspecified atom stereocenters. The smallest absolute Gasteiger partial charge is 0.374 e. The van der Waals surface area contributed by atoms with E-state index in [-0.39, 0.29) is 24.8 Å². The maximum Gasteiger partial charge on any atom is 0.374 e. The van der Waals surface area contributed by atoms with Crippen LogP contribution in [0, 0.1) is 11.3 Å². The monoisotopic (exact) mass is 298 g/mol. The molecule has 2 aromatic rings. The first-order valence-corrected chi connectivity index (χ1v) is 6.68. The van der Waals surface area contributed by atoms with Crippen LogP contribution in [0.25, 0.3) is 0 Å². The van der Waals surface area contributed by atoms with Gasteiger partial charge in [-0.05, 0) is 37.3 Å². The normalized spacial score (nSPS) is 9.82. The van der Waals surface area contributed by atoms with Gasteiger partial charge in [0, 0.05) is 5.56 Å². The highest BCUT2D eigenvalue weighted by Crippen LogP contribution is 2.10. The number of nitrogens with zero attached hydrogens (tertiary/aromatic N) is 1. The lowest BCUT2D eigenvalue weighted by molar-refractivity contribution is 0.0488. The van der Waals surface area contributed by atoms with Gasteiger partial charge in [0.15, 0.2) is 0 Å². The Morgan fingerprint density at radius 2 is 2.14 bits per heavy atom. The summed E-state index contributed by atoms with van der Waals surface area (Å²) in [5.74, 6) is -0.335. The predicted octanol–water partition coefficient (Wildman–Crippen LogP) is 2.26. The highest BCUT2D eigenvalue weighted by atomic mass is 16.5. The summed E-state index contributed by atoms with van der Waals surface area (Å²) in [6.07, 6.45) is 0. The average Bonchev–Trinajstić information content (AvgIpc) is 3.02. The molecular weight excluding hydrogens is 284 g/mol. The molecule has 0 radical (unpaired) electrons. The molecule has 0 aliphatic rings. The summed E-state index contributed by atoms with van der Waals surface area (Å²) in [4.78, 5) is 23.4. The summed E-state index contributed by atoms with van der Waals surface area (Å²) in [5, 5.41) is 11.5. The van der Waals surface area contributed by atoms with Crippen molar-refractivity contribution in [3.05, 3.63) is 59.0 Å². The molecule has 1 amide bonds. The van der Waals surface area contributed by atoms with Gasteiger partial charge in [0.1, 0.15) is 5.76 Å². The topological polar surface area (TPSA) is 92.3 Å². The molecule has 112 valence electrons. The molecule has 22 heavy (non-hydrogen) atoms. The second-order valence-corrected chi connectivity index (χ2v) is 4.36. The standard InChI is InChI=1S/C16H14N2O4/c1-2-21-16(20)14-7-6-13(22-14)10-18-15(19)12-5-3-4-11(8-12)9-17/h3-8H,2,10H2,1H3,(H,18,19). The van der Waals surface area contributed by atoms with Gasteiger partial charge in [-0.2, -0.15) is 5.26 Å². The van der Waals surface area contributed by atoms with E-state index < -0.39 is 5.97 Å². The average molecular weight is 298 g/mol.